The second-order valence-corrected chi connectivity index (χ2v) is 13.8. The molecule has 0 aromatic heterocycles. The van der Waals surface area contributed by atoms with E-state index in [4.69, 9.17) is 46.4 Å². The highest BCUT2D eigenvalue weighted by molar-refractivity contribution is 7.92. The first-order valence-corrected chi connectivity index (χ1v) is 15.7. The molecular formula is C29H31Cl4N3O4S. The minimum absolute atomic E-state index is 0.0305. The molecule has 0 bridgehead atoms. The van der Waals surface area contributed by atoms with Crippen molar-refractivity contribution in [3.05, 3.63) is 92.4 Å². The van der Waals surface area contributed by atoms with Gasteiger partial charge in [0, 0.05) is 27.7 Å². The van der Waals surface area contributed by atoms with E-state index in [0.717, 1.165) is 4.31 Å². The second kappa shape index (κ2) is 13.7. The van der Waals surface area contributed by atoms with E-state index >= 15 is 0 Å². The van der Waals surface area contributed by atoms with Gasteiger partial charge in [-0.2, -0.15) is 0 Å². The van der Waals surface area contributed by atoms with Crippen molar-refractivity contribution in [1.82, 2.24) is 10.2 Å². The summed E-state index contributed by atoms with van der Waals surface area (Å²) < 4.78 is 28.7. The van der Waals surface area contributed by atoms with E-state index < -0.39 is 40.0 Å². The Labute approximate surface area is 261 Å². The molecule has 41 heavy (non-hydrogen) atoms. The summed E-state index contributed by atoms with van der Waals surface area (Å²) in [5, 5.41) is 3.86. The largest absolute Gasteiger partial charge is 0.350 e. The highest BCUT2D eigenvalue weighted by Gasteiger charge is 2.35. The summed E-state index contributed by atoms with van der Waals surface area (Å²) in [6.45, 7) is 6.47. The van der Waals surface area contributed by atoms with Crippen LogP contribution in [0.4, 0.5) is 5.69 Å². The molecule has 0 aliphatic rings. The van der Waals surface area contributed by atoms with Crippen molar-refractivity contribution < 1.29 is 18.0 Å². The maximum atomic E-state index is 14.1. The molecule has 0 spiro atoms. The molecule has 1 atom stereocenters. The first-order chi connectivity index (χ1) is 19.2. The van der Waals surface area contributed by atoms with Gasteiger partial charge in [-0.05, 0) is 69.7 Å². The molecule has 0 saturated heterocycles. The predicted octanol–water partition coefficient (Wildman–Crippen LogP) is 7.22. The Hall–Kier alpha value is -2.49. The zero-order chi connectivity index (χ0) is 30.5. The van der Waals surface area contributed by atoms with Crippen LogP contribution in [0.5, 0.6) is 0 Å². The van der Waals surface area contributed by atoms with E-state index in [-0.39, 0.29) is 33.6 Å². The molecule has 3 aromatic rings. The first-order valence-electron chi connectivity index (χ1n) is 12.7. The van der Waals surface area contributed by atoms with Crippen LogP contribution in [0.2, 0.25) is 20.1 Å². The quantitative estimate of drug-likeness (QED) is 0.249. The van der Waals surface area contributed by atoms with Gasteiger partial charge in [-0.1, -0.05) is 77.6 Å². The normalized spacial score (nSPS) is 12.5. The van der Waals surface area contributed by atoms with Crippen LogP contribution < -0.4 is 9.62 Å². The van der Waals surface area contributed by atoms with Crippen LogP contribution in [0.1, 0.15) is 39.7 Å². The van der Waals surface area contributed by atoms with Crippen molar-refractivity contribution in [2.75, 3.05) is 10.8 Å². The molecule has 0 radical (unpaired) electrons. The molecule has 2 amide bonds. The minimum atomic E-state index is -4.25. The molecule has 0 fully saturated rings. The van der Waals surface area contributed by atoms with Gasteiger partial charge in [0.1, 0.15) is 12.6 Å². The van der Waals surface area contributed by atoms with E-state index in [2.05, 4.69) is 5.32 Å². The summed E-state index contributed by atoms with van der Waals surface area (Å²) in [5.74, 6) is -1.05. The predicted molar refractivity (Wildman–Crippen MR) is 166 cm³/mol. The monoisotopic (exact) mass is 657 g/mol. The van der Waals surface area contributed by atoms with Crippen LogP contribution in [0, 0.1) is 0 Å². The number of hydrogen-bond donors (Lipinski definition) is 1. The average Bonchev–Trinajstić information content (AvgIpc) is 2.89. The number of carbonyl (C=O) groups is 2. The maximum absolute atomic E-state index is 14.1. The van der Waals surface area contributed by atoms with Gasteiger partial charge in [0.25, 0.3) is 10.0 Å². The Morgan fingerprint density at radius 1 is 0.854 bits per heavy atom. The fourth-order valence-corrected chi connectivity index (χ4v) is 6.35. The zero-order valence-electron chi connectivity index (χ0n) is 23.0. The minimum Gasteiger partial charge on any atom is -0.350 e. The van der Waals surface area contributed by atoms with Crippen LogP contribution in [0.3, 0.4) is 0 Å². The highest BCUT2D eigenvalue weighted by Crippen LogP contribution is 2.32. The molecule has 3 aromatic carbocycles. The lowest BCUT2D eigenvalue weighted by atomic mass is 10.1. The summed E-state index contributed by atoms with van der Waals surface area (Å²) in [6, 6.07) is 16.0. The van der Waals surface area contributed by atoms with E-state index in [9.17, 15) is 18.0 Å². The third kappa shape index (κ3) is 8.30. The van der Waals surface area contributed by atoms with Crippen molar-refractivity contribution >= 4 is 73.9 Å². The van der Waals surface area contributed by atoms with Gasteiger partial charge >= 0.3 is 0 Å². The molecule has 3 rings (SSSR count). The third-order valence-electron chi connectivity index (χ3n) is 6.08. The number of carbonyl (C=O) groups excluding carboxylic acids is 2. The molecule has 7 nitrogen and oxygen atoms in total. The fourth-order valence-electron chi connectivity index (χ4n) is 4.11. The van der Waals surface area contributed by atoms with Gasteiger partial charge in [0.2, 0.25) is 11.8 Å². The average molecular weight is 659 g/mol. The lowest BCUT2D eigenvalue weighted by molar-refractivity contribution is -0.141. The number of anilines is 1. The second-order valence-electron chi connectivity index (χ2n) is 10.3. The molecule has 0 aliphatic carbocycles. The first kappa shape index (κ1) is 33.0. The molecule has 0 aliphatic heterocycles. The van der Waals surface area contributed by atoms with Gasteiger partial charge in [0.05, 0.1) is 20.6 Å². The van der Waals surface area contributed by atoms with Crippen molar-refractivity contribution in [1.29, 1.82) is 0 Å². The molecule has 1 N–H and O–H groups in total. The van der Waals surface area contributed by atoms with Crippen LogP contribution in [0.25, 0.3) is 0 Å². The summed E-state index contributed by atoms with van der Waals surface area (Å²) in [7, 11) is -4.25. The van der Waals surface area contributed by atoms with Crippen molar-refractivity contribution in [2.45, 2.75) is 57.1 Å². The van der Waals surface area contributed by atoms with Gasteiger partial charge < -0.3 is 10.2 Å². The summed E-state index contributed by atoms with van der Waals surface area (Å²) in [4.78, 5) is 28.8. The Bertz CT molecular complexity index is 1490. The molecule has 12 heteroatoms. The third-order valence-corrected chi connectivity index (χ3v) is 9.31. The Balaban J connectivity index is 2.13. The molecular weight excluding hydrogens is 628 g/mol. The Morgan fingerprint density at radius 3 is 2.00 bits per heavy atom. The topological polar surface area (TPSA) is 86.8 Å². The van der Waals surface area contributed by atoms with Gasteiger partial charge in [-0.25, -0.2) is 8.42 Å². The molecule has 0 heterocycles. The fraction of sp³-hybridized carbons (Fsp3) is 0.310. The maximum Gasteiger partial charge on any atom is 0.264 e. The van der Waals surface area contributed by atoms with Crippen LogP contribution >= 0.6 is 46.4 Å². The summed E-state index contributed by atoms with van der Waals surface area (Å²) in [5.41, 5.74) is -0.0259. The number of nitrogens with zero attached hydrogens (tertiary/aromatic N) is 2. The lowest BCUT2D eigenvalue weighted by Crippen LogP contribution is -2.55. The van der Waals surface area contributed by atoms with E-state index in [0.29, 0.717) is 15.6 Å². The summed E-state index contributed by atoms with van der Waals surface area (Å²) in [6.07, 6.45) is 0.244. The SMILES string of the molecule is CC[C@@H](C(=O)NC(C)(C)C)N(Cc1c(Cl)cccc1Cl)C(=O)CN(c1ccc(Cl)c(Cl)c1)S(=O)(=O)c1ccccc1. The van der Waals surface area contributed by atoms with Gasteiger partial charge in [-0.15, -0.1) is 0 Å². The number of hydrogen-bond acceptors (Lipinski definition) is 4. The van der Waals surface area contributed by atoms with Crippen LogP contribution in [-0.2, 0) is 26.2 Å². The number of nitrogens with one attached hydrogen (secondary N) is 1. The number of rotatable bonds is 10. The van der Waals surface area contributed by atoms with E-state index in [1.54, 1.807) is 43.3 Å². The molecule has 0 saturated carbocycles. The number of amides is 2. The smallest absolute Gasteiger partial charge is 0.264 e. The van der Waals surface area contributed by atoms with Crippen LogP contribution in [-0.4, -0.2) is 43.3 Å². The summed E-state index contributed by atoms with van der Waals surface area (Å²) >= 11 is 25.2. The standard InChI is InChI=1S/C29H31Cl4N3O4S/c1-5-26(28(38)34-29(2,3)4)35(17-21-22(30)12-9-13-23(21)31)27(37)18-36(19-14-15-24(32)25(33)16-19)41(39,40)20-10-7-6-8-11-20/h6-16,26H,5,17-18H2,1-4H3,(H,34,38)/t26-/m0/s1. The van der Waals surface area contributed by atoms with Gasteiger partial charge in [-0.3, -0.25) is 13.9 Å². The van der Waals surface area contributed by atoms with Crippen LogP contribution in [0.15, 0.2) is 71.6 Å². The molecule has 0 unspecified atom stereocenters. The number of halogens is 4. The number of benzene rings is 3. The Kier molecular flexibility index (Phi) is 11.0. The molecule has 220 valence electrons. The Morgan fingerprint density at radius 2 is 1.46 bits per heavy atom. The van der Waals surface area contributed by atoms with Crippen molar-refractivity contribution in [3.8, 4) is 0 Å². The number of sulfonamides is 1. The zero-order valence-corrected chi connectivity index (χ0v) is 26.8. The van der Waals surface area contributed by atoms with E-state index in [1.807, 2.05) is 20.8 Å². The van der Waals surface area contributed by atoms with E-state index in [1.165, 1.54) is 35.2 Å². The lowest BCUT2D eigenvalue weighted by Gasteiger charge is -2.35. The van der Waals surface area contributed by atoms with Gasteiger partial charge in [0.15, 0.2) is 0 Å². The van der Waals surface area contributed by atoms with Crippen molar-refractivity contribution in [3.63, 3.8) is 0 Å². The highest BCUT2D eigenvalue weighted by atomic mass is 35.5. The van der Waals surface area contributed by atoms with Crippen molar-refractivity contribution in [2.24, 2.45) is 0 Å².